The van der Waals surface area contributed by atoms with Crippen molar-refractivity contribution in [2.24, 2.45) is 0 Å². The zero-order valence-corrected chi connectivity index (χ0v) is 13.4. The molecule has 4 nitrogen and oxygen atoms in total. The molecule has 2 radical (unpaired) electrons. The largest absolute Gasteiger partial charge is 3.00 e. The second kappa shape index (κ2) is 87.1. The van der Waals surface area contributed by atoms with Gasteiger partial charge in [-0.25, -0.2) is 0 Å². The Kier molecular flexibility index (Phi) is 1580. The molecule has 0 bridgehead atoms. The molecule has 0 atom stereocenters. The molecular weight excluding hydrogens is 525 g/mol. The summed E-state index contributed by atoms with van der Waals surface area (Å²) < 4.78 is 0. The van der Waals surface area contributed by atoms with Crippen molar-refractivity contribution in [3.05, 3.63) is 0 Å². The molecule has 0 unspecified atom stereocenters. The van der Waals surface area contributed by atoms with E-state index in [0.717, 1.165) is 0 Å². The van der Waals surface area contributed by atoms with Crippen LogP contribution in [0, 0.1) is 0 Å². The fourth-order valence-corrected chi connectivity index (χ4v) is 0. The van der Waals surface area contributed by atoms with Gasteiger partial charge in [0.25, 0.3) is 0 Å². The van der Waals surface area contributed by atoms with Crippen LogP contribution in [0.4, 0.5) is 0 Å². The Morgan fingerprint density at radius 3 is 0.571 bits per heavy atom. The van der Waals surface area contributed by atoms with Gasteiger partial charge in [0, 0.05) is 27.3 Å². The topological polar surface area (TPSA) is 114 Å². The molecule has 0 rings (SSSR count). The Bertz CT molecular complexity index is 9.65. The van der Waals surface area contributed by atoms with E-state index in [1.54, 1.807) is 0 Å². The van der Waals surface area contributed by atoms with Gasteiger partial charge in [-0.3, -0.25) is 0 Å². The van der Waals surface area contributed by atoms with Crippen LogP contribution in [0.25, 0.3) is 0 Å². The monoisotopic (exact) mass is 526 g/mol. The Morgan fingerprint density at radius 1 is 0.571 bits per heavy atom. The third kappa shape index (κ3) is 64.6. The van der Waals surface area contributed by atoms with Crippen molar-refractivity contribution < 1.29 is 39.3 Å². The van der Waals surface area contributed by atoms with Crippen molar-refractivity contribution in [2.75, 3.05) is 0 Å². The summed E-state index contributed by atoms with van der Waals surface area (Å²) >= 11 is 0. The number of hydrogen-bond donors (Lipinski definition) is 0. The fourth-order valence-electron chi connectivity index (χ4n) is 0. The van der Waals surface area contributed by atoms with Crippen molar-refractivity contribution in [2.45, 2.75) is 0 Å². The van der Waals surface area contributed by atoms with Crippen molar-refractivity contribution in [3.8, 4) is 0 Å². The van der Waals surface area contributed by atoms with E-state index in [0.29, 0.717) is 0 Å². The molecule has 0 heterocycles. The maximum atomic E-state index is 0. The van der Waals surface area contributed by atoms with Crippen molar-refractivity contribution in [1.29, 1.82) is 0 Å². The first-order valence-electron chi connectivity index (χ1n) is 0. The maximum absolute atomic E-state index is 0. The molecule has 0 aliphatic rings. The van der Waals surface area contributed by atoms with E-state index in [4.69, 9.17) is 0 Å². The molecule has 0 aromatic rings. The molecule has 0 amide bonds. The predicted octanol–water partition coefficient (Wildman–Crippen LogP) is -1.24. The van der Waals surface area contributed by atoms with Crippen LogP contribution < -0.4 is 0 Å². The van der Waals surface area contributed by atoms with E-state index in [1.807, 2.05) is 0 Å². The van der Waals surface area contributed by atoms with Crippen molar-refractivity contribution in [1.82, 2.24) is 0 Å². The van der Waals surface area contributed by atoms with Gasteiger partial charge in [-0.1, -0.05) is 0 Å². The van der Waals surface area contributed by atoms with Gasteiger partial charge in [-0.15, -0.1) is 0 Å². The van der Waals surface area contributed by atoms with Gasteiger partial charge >= 0.3 is 44.7 Å². The van der Waals surface area contributed by atoms with Crippen LogP contribution in [-0.4, -0.2) is 54.6 Å². The first-order valence-corrected chi connectivity index (χ1v) is 0. The molecule has 0 saturated carbocycles. The minimum atomic E-state index is 0. The molecule has 7 heteroatoms. The van der Waals surface area contributed by atoms with Crippen LogP contribution >= 0.6 is 0 Å². The quantitative estimate of drug-likeness (QED) is 0.353. The Labute approximate surface area is 92.7 Å². The first kappa shape index (κ1) is 127. The number of rotatable bonds is 0. The molecule has 0 aromatic carbocycles. The van der Waals surface area contributed by atoms with E-state index in [9.17, 15) is 0 Å². The molecule has 38 valence electrons. The van der Waals surface area contributed by atoms with Gasteiger partial charge in [0.1, 0.15) is 0 Å². The summed E-state index contributed by atoms with van der Waals surface area (Å²) in [4.78, 5) is 0. The van der Waals surface area contributed by atoms with Gasteiger partial charge in [-0.05, 0) is 0 Å². The molecule has 0 spiro atoms. The molecule has 7 heavy (non-hydrogen) atoms. The average Bonchev–Trinajstić information content (AvgIpc) is 0. The normalized spacial score (nSPS) is 0. The summed E-state index contributed by atoms with van der Waals surface area (Å²) in [7, 11) is 0. The van der Waals surface area contributed by atoms with Gasteiger partial charge in [0.2, 0.25) is 0 Å². The minimum Gasteiger partial charge on any atom is -2.00 e. The van der Waals surface area contributed by atoms with Crippen molar-refractivity contribution in [3.63, 3.8) is 0 Å². The van der Waals surface area contributed by atoms with Crippen LogP contribution in [0.1, 0.15) is 0 Å². The Hall–Kier alpha value is 2.22. The van der Waals surface area contributed by atoms with E-state index in [-0.39, 0.29) is 93.9 Å². The average molecular weight is 525 g/mol. The van der Waals surface area contributed by atoms with E-state index in [1.165, 1.54) is 0 Å². The maximum Gasteiger partial charge on any atom is 3.00 e. The van der Waals surface area contributed by atoms with Crippen LogP contribution in [0.3, 0.4) is 0 Å². The molecule has 0 aliphatic carbocycles. The van der Waals surface area contributed by atoms with E-state index < -0.39 is 0 Å². The standard InChI is InChI=1S/Cr.4O.2Tl/q+3;4*-2;;+3. The molecule has 0 aliphatic heterocycles. The second-order valence-electron chi connectivity index (χ2n) is 0. The smallest absolute Gasteiger partial charge is 2.00 e. The van der Waals surface area contributed by atoms with Gasteiger partial charge in [0.05, 0.1) is 0 Å². The van der Waals surface area contributed by atoms with Gasteiger partial charge in [-0.2, -0.15) is 0 Å². The van der Waals surface area contributed by atoms with E-state index in [2.05, 4.69) is 0 Å². The van der Waals surface area contributed by atoms with Gasteiger partial charge in [0.15, 0.2) is 0 Å². The number of hydrogen-bond acceptors (Lipinski definition) is 0. The summed E-state index contributed by atoms with van der Waals surface area (Å²) in [5.41, 5.74) is 0. The predicted molar refractivity (Wildman–Crippen MR) is 14.3 cm³/mol. The minimum absolute atomic E-state index is 0. The third-order valence-corrected chi connectivity index (χ3v) is 0. The third-order valence-electron chi connectivity index (χ3n) is 0. The molecule has 0 fully saturated rings. The summed E-state index contributed by atoms with van der Waals surface area (Å²) in [5, 5.41) is 0. The van der Waals surface area contributed by atoms with Crippen molar-refractivity contribution >= 4 is 54.6 Å². The molecule has 0 N–H and O–H groups in total. The SMILES string of the molecule is [Cr+3].[O-2].[O-2].[O-2].[O-2].[Tl+3].[Tl]. The van der Waals surface area contributed by atoms with Crippen LogP contribution in [0.2, 0.25) is 0 Å². The molecular formula is CrO4Tl2-2. The van der Waals surface area contributed by atoms with Crippen LogP contribution in [0.15, 0.2) is 0 Å². The summed E-state index contributed by atoms with van der Waals surface area (Å²) in [6.45, 7) is 0. The zero-order chi connectivity index (χ0) is 0. The Morgan fingerprint density at radius 2 is 0.571 bits per heavy atom. The van der Waals surface area contributed by atoms with Crippen LogP contribution in [-0.2, 0) is 39.3 Å². The fraction of sp³-hybridized carbons (Fsp3) is 0. The Balaban J connectivity index is 0. The van der Waals surface area contributed by atoms with Gasteiger partial charge < -0.3 is 21.9 Å². The summed E-state index contributed by atoms with van der Waals surface area (Å²) in [6.07, 6.45) is 0. The molecule has 0 aromatic heterocycles. The molecule has 0 saturated heterocycles. The summed E-state index contributed by atoms with van der Waals surface area (Å²) in [6, 6.07) is 0. The second-order valence-corrected chi connectivity index (χ2v) is 0. The summed E-state index contributed by atoms with van der Waals surface area (Å²) in [5.74, 6) is 0. The zero-order valence-electron chi connectivity index (χ0n) is 3.20. The van der Waals surface area contributed by atoms with E-state index >= 15 is 0 Å². The van der Waals surface area contributed by atoms with Crippen LogP contribution in [0.5, 0.6) is 0 Å². The first-order chi connectivity index (χ1) is 0.